The summed E-state index contributed by atoms with van der Waals surface area (Å²) in [6.07, 6.45) is 0. The molecule has 0 fully saturated rings. The number of anilines is 1. The molecule has 0 saturated carbocycles. The van der Waals surface area contributed by atoms with Crippen LogP contribution in [0.25, 0.3) is 0 Å². The van der Waals surface area contributed by atoms with Crippen molar-refractivity contribution in [3.8, 4) is 0 Å². The highest BCUT2D eigenvalue weighted by molar-refractivity contribution is 7.80. The maximum absolute atomic E-state index is 5.30. The monoisotopic (exact) mass is 222 g/mol. The van der Waals surface area contributed by atoms with Crippen molar-refractivity contribution in [3.05, 3.63) is 29.8 Å². The minimum absolute atomic E-state index is 0.795. The van der Waals surface area contributed by atoms with Gasteiger partial charge in [-0.25, -0.2) is 0 Å². The van der Waals surface area contributed by atoms with E-state index in [1.807, 2.05) is 0 Å². The van der Waals surface area contributed by atoms with Crippen molar-refractivity contribution in [2.45, 2.75) is 20.8 Å². The Morgan fingerprint density at radius 1 is 1.27 bits per heavy atom. The van der Waals surface area contributed by atoms with Crippen LogP contribution in [-0.4, -0.2) is 18.2 Å². The van der Waals surface area contributed by atoms with Crippen molar-refractivity contribution in [2.75, 3.05) is 18.0 Å². The molecule has 0 atom stereocenters. The second-order valence-electron chi connectivity index (χ2n) is 3.42. The summed E-state index contributed by atoms with van der Waals surface area (Å²) in [6, 6.07) is 8.41. The maximum atomic E-state index is 5.30. The molecular formula is C12H18N2S. The first-order valence-electron chi connectivity index (χ1n) is 5.31. The van der Waals surface area contributed by atoms with Gasteiger partial charge in [-0.3, -0.25) is 0 Å². The van der Waals surface area contributed by atoms with Gasteiger partial charge >= 0.3 is 0 Å². The first kappa shape index (κ1) is 12.0. The fraction of sp³-hybridized carbons (Fsp3) is 0.417. The van der Waals surface area contributed by atoms with Crippen LogP contribution in [0.2, 0.25) is 0 Å². The second kappa shape index (κ2) is 5.71. The lowest BCUT2D eigenvalue weighted by Crippen LogP contribution is -2.39. The molecule has 2 nitrogen and oxygen atoms in total. The summed E-state index contributed by atoms with van der Waals surface area (Å²) in [5.41, 5.74) is 2.42. The van der Waals surface area contributed by atoms with Crippen LogP contribution in [-0.2, 0) is 0 Å². The average Bonchev–Trinajstić information content (AvgIpc) is 2.22. The number of aryl methyl sites for hydroxylation is 1. The molecular weight excluding hydrogens is 204 g/mol. The molecule has 0 aliphatic carbocycles. The van der Waals surface area contributed by atoms with Crippen LogP contribution in [0, 0.1) is 6.92 Å². The molecule has 0 heterocycles. The van der Waals surface area contributed by atoms with E-state index in [1.54, 1.807) is 0 Å². The van der Waals surface area contributed by atoms with Gasteiger partial charge in [0.25, 0.3) is 0 Å². The molecule has 1 aromatic rings. The van der Waals surface area contributed by atoms with E-state index < -0.39 is 0 Å². The Labute approximate surface area is 97.3 Å². The maximum Gasteiger partial charge on any atom is 0.173 e. The number of nitrogens with zero attached hydrogens (tertiary/aromatic N) is 1. The fourth-order valence-corrected chi connectivity index (χ4v) is 1.79. The van der Waals surface area contributed by atoms with Gasteiger partial charge in [0.2, 0.25) is 0 Å². The molecule has 0 amide bonds. The SMILES string of the molecule is CCNC(=S)N(CC)c1ccc(C)cc1. The number of rotatable bonds is 3. The third kappa shape index (κ3) is 3.20. The smallest absolute Gasteiger partial charge is 0.173 e. The topological polar surface area (TPSA) is 15.3 Å². The van der Waals surface area contributed by atoms with E-state index >= 15 is 0 Å². The third-order valence-electron chi connectivity index (χ3n) is 2.24. The van der Waals surface area contributed by atoms with Gasteiger partial charge in [0.1, 0.15) is 0 Å². The lowest BCUT2D eigenvalue weighted by Gasteiger charge is -2.24. The number of thiocarbonyl (C=S) groups is 1. The Balaban J connectivity index is 2.82. The van der Waals surface area contributed by atoms with Crippen molar-refractivity contribution in [2.24, 2.45) is 0 Å². The van der Waals surface area contributed by atoms with Gasteiger partial charge in [0.05, 0.1) is 0 Å². The second-order valence-corrected chi connectivity index (χ2v) is 3.80. The fourth-order valence-electron chi connectivity index (χ4n) is 1.41. The number of hydrogen-bond donors (Lipinski definition) is 1. The van der Waals surface area contributed by atoms with E-state index in [0.29, 0.717) is 0 Å². The normalized spacial score (nSPS) is 9.80. The van der Waals surface area contributed by atoms with Crippen molar-refractivity contribution in [1.29, 1.82) is 0 Å². The predicted molar refractivity (Wildman–Crippen MR) is 70.5 cm³/mol. The lowest BCUT2D eigenvalue weighted by molar-refractivity contribution is 0.928. The van der Waals surface area contributed by atoms with Crippen LogP contribution in [0.1, 0.15) is 19.4 Å². The Kier molecular flexibility index (Phi) is 4.56. The zero-order chi connectivity index (χ0) is 11.3. The average molecular weight is 222 g/mol. The van der Waals surface area contributed by atoms with E-state index in [1.165, 1.54) is 5.56 Å². The minimum atomic E-state index is 0.795. The molecule has 1 rings (SSSR count). The van der Waals surface area contributed by atoms with Crippen molar-refractivity contribution < 1.29 is 0 Å². The van der Waals surface area contributed by atoms with Crippen LogP contribution < -0.4 is 10.2 Å². The molecule has 0 spiro atoms. The van der Waals surface area contributed by atoms with Gasteiger partial charge in [-0.2, -0.15) is 0 Å². The van der Waals surface area contributed by atoms with Crippen LogP contribution in [0.4, 0.5) is 5.69 Å². The van der Waals surface area contributed by atoms with Crippen molar-refractivity contribution >= 4 is 23.0 Å². The summed E-state index contributed by atoms with van der Waals surface area (Å²) in [7, 11) is 0. The summed E-state index contributed by atoms with van der Waals surface area (Å²) < 4.78 is 0. The van der Waals surface area contributed by atoms with Crippen LogP contribution in [0.5, 0.6) is 0 Å². The summed E-state index contributed by atoms with van der Waals surface area (Å²) in [6.45, 7) is 7.98. The van der Waals surface area contributed by atoms with Crippen LogP contribution in [0.15, 0.2) is 24.3 Å². The Bertz CT molecular complexity index is 319. The van der Waals surface area contributed by atoms with Gasteiger partial charge in [0, 0.05) is 18.8 Å². The van der Waals surface area contributed by atoms with Gasteiger partial charge < -0.3 is 10.2 Å². The summed E-state index contributed by atoms with van der Waals surface area (Å²) in [5, 5.41) is 3.96. The van der Waals surface area contributed by atoms with Crippen molar-refractivity contribution in [1.82, 2.24) is 5.32 Å². The molecule has 0 bridgehead atoms. The molecule has 0 radical (unpaired) electrons. The molecule has 82 valence electrons. The molecule has 1 N–H and O–H groups in total. The van der Waals surface area contributed by atoms with E-state index in [9.17, 15) is 0 Å². The van der Waals surface area contributed by atoms with Gasteiger partial charge in [0.15, 0.2) is 5.11 Å². The Morgan fingerprint density at radius 2 is 1.87 bits per heavy atom. The zero-order valence-electron chi connectivity index (χ0n) is 9.58. The number of benzene rings is 1. The van der Waals surface area contributed by atoms with Crippen LogP contribution >= 0.6 is 12.2 Å². The van der Waals surface area contributed by atoms with E-state index in [0.717, 1.165) is 23.9 Å². The molecule has 15 heavy (non-hydrogen) atoms. The summed E-state index contributed by atoms with van der Waals surface area (Å²) in [4.78, 5) is 2.10. The lowest BCUT2D eigenvalue weighted by atomic mass is 10.2. The number of hydrogen-bond acceptors (Lipinski definition) is 1. The first-order valence-corrected chi connectivity index (χ1v) is 5.71. The number of nitrogens with one attached hydrogen (secondary N) is 1. The van der Waals surface area contributed by atoms with E-state index in [-0.39, 0.29) is 0 Å². The molecule has 0 aromatic heterocycles. The highest BCUT2D eigenvalue weighted by Crippen LogP contribution is 2.14. The molecule has 0 saturated heterocycles. The Morgan fingerprint density at radius 3 is 2.33 bits per heavy atom. The predicted octanol–water partition coefficient (Wildman–Crippen LogP) is 2.72. The minimum Gasteiger partial charge on any atom is -0.363 e. The molecule has 0 aliphatic heterocycles. The molecule has 0 unspecified atom stereocenters. The quantitative estimate of drug-likeness (QED) is 0.792. The Hall–Kier alpha value is -1.09. The molecule has 1 aromatic carbocycles. The molecule has 3 heteroatoms. The zero-order valence-corrected chi connectivity index (χ0v) is 10.4. The van der Waals surface area contributed by atoms with Crippen LogP contribution in [0.3, 0.4) is 0 Å². The van der Waals surface area contributed by atoms with E-state index in [4.69, 9.17) is 12.2 Å². The summed E-state index contributed by atoms with van der Waals surface area (Å²) >= 11 is 5.30. The van der Waals surface area contributed by atoms with Gasteiger partial charge in [-0.1, -0.05) is 17.7 Å². The largest absolute Gasteiger partial charge is 0.363 e. The first-order chi connectivity index (χ1) is 7.19. The third-order valence-corrected chi connectivity index (χ3v) is 2.60. The highest BCUT2D eigenvalue weighted by atomic mass is 32.1. The molecule has 0 aliphatic rings. The van der Waals surface area contributed by atoms with E-state index in [2.05, 4.69) is 55.3 Å². The standard InChI is InChI=1S/C12H18N2S/c1-4-13-12(15)14(5-2)11-8-6-10(3)7-9-11/h6-9H,4-5H2,1-3H3,(H,13,15). The van der Waals surface area contributed by atoms with Crippen molar-refractivity contribution in [3.63, 3.8) is 0 Å². The summed E-state index contributed by atoms with van der Waals surface area (Å²) in [5.74, 6) is 0. The van der Waals surface area contributed by atoms with Gasteiger partial charge in [-0.05, 0) is 45.1 Å². The highest BCUT2D eigenvalue weighted by Gasteiger charge is 2.07. The van der Waals surface area contributed by atoms with Gasteiger partial charge in [-0.15, -0.1) is 0 Å².